The molecule has 0 aliphatic rings. The van der Waals surface area contributed by atoms with Gasteiger partial charge in [-0.2, -0.15) is 0 Å². The Hall–Kier alpha value is -2.56. The Kier molecular flexibility index (Phi) is 3.76. The SMILES string of the molecule is COc1ccc(C(=O)ON=Cc2ccco2)cc1. The maximum atomic E-state index is 11.6. The summed E-state index contributed by atoms with van der Waals surface area (Å²) in [4.78, 5) is 16.3. The molecule has 0 unspecified atom stereocenters. The van der Waals surface area contributed by atoms with E-state index in [0.717, 1.165) is 0 Å². The van der Waals surface area contributed by atoms with Crippen molar-refractivity contribution in [3.05, 3.63) is 54.0 Å². The van der Waals surface area contributed by atoms with Crippen LogP contribution in [0.25, 0.3) is 0 Å². The van der Waals surface area contributed by atoms with E-state index in [0.29, 0.717) is 17.1 Å². The van der Waals surface area contributed by atoms with Gasteiger partial charge >= 0.3 is 5.97 Å². The third-order valence-corrected chi connectivity index (χ3v) is 2.18. The molecule has 0 amide bonds. The first kappa shape index (κ1) is 11.9. The molecule has 0 saturated heterocycles. The van der Waals surface area contributed by atoms with Crippen molar-refractivity contribution in [1.29, 1.82) is 0 Å². The van der Waals surface area contributed by atoms with Crippen molar-refractivity contribution < 1.29 is 18.8 Å². The quantitative estimate of drug-likeness (QED) is 0.471. The minimum absolute atomic E-state index is 0.396. The van der Waals surface area contributed by atoms with E-state index in [1.807, 2.05) is 0 Å². The second-order valence-corrected chi connectivity index (χ2v) is 3.36. The molecule has 1 aromatic heterocycles. The minimum Gasteiger partial charge on any atom is -0.497 e. The third-order valence-electron chi connectivity index (χ3n) is 2.18. The molecule has 0 aliphatic carbocycles. The van der Waals surface area contributed by atoms with Crippen LogP contribution in [0.15, 0.2) is 52.2 Å². The van der Waals surface area contributed by atoms with Crippen LogP contribution in [-0.2, 0) is 4.84 Å². The fraction of sp³-hybridized carbons (Fsp3) is 0.0769. The Bertz CT molecular complexity index is 529. The Morgan fingerprint density at radius 3 is 2.67 bits per heavy atom. The lowest BCUT2D eigenvalue weighted by atomic mass is 10.2. The number of nitrogens with zero attached hydrogens (tertiary/aromatic N) is 1. The van der Waals surface area contributed by atoms with Crippen LogP contribution >= 0.6 is 0 Å². The number of hydrogen-bond donors (Lipinski definition) is 0. The Morgan fingerprint density at radius 2 is 2.06 bits per heavy atom. The lowest BCUT2D eigenvalue weighted by Crippen LogP contribution is -2.00. The molecule has 0 atom stereocenters. The van der Waals surface area contributed by atoms with Gasteiger partial charge in [-0.1, -0.05) is 5.16 Å². The first-order chi connectivity index (χ1) is 8.79. The maximum Gasteiger partial charge on any atom is 0.365 e. The summed E-state index contributed by atoms with van der Waals surface area (Å²) in [6, 6.07) is 9.96. The van der Waals surface area contributed by atoms with Gasteiger partial charge in [0.05, 0.1) is 18.9 Å². The molecule has 5 heteroatoms. The molecule has 0 radical (unpaired) electrons. The van der Waals surface area contributed by atoms with Gasteiger partial charge in [0.1, 0.15) is 17.7 Å². The zero-order valence-electron chi connectivity index (χ0n) is 9.70. The minimum atomic E-state index is -0.541. The highest BCUT2D eigenvalue weighted by Gasteiger charge is 2.06. The largest absolute Gasteiger partial charge is 0.497 e. The van der Waals surface area contributed by atoms with Crippen LogP contribution < -0.4 is 4.74 Å². The highest BCUT2D eigenvalue weighted by molar-refractivity contribution is 5.90. The van der Waals surface area contributed by atoms with Crippen molar-refractivity contribution in [3.8, 4) is 5.75 Å². The zero-order valence-corrected chi connectivity index (χ0v) is 9.70. The molecular formula is C13H11NO4. The average Bonchev–Trinajstić information content (AvgIpc) is 2.92. The van der Waals surface area contributed by atoms with Gasteiger partial charge in [-0.15, -0.1) is 0 Å². The maximum absolute atomic E-state index is 11.6. The smallest absolute Gasteiger partial charge is 0.365 e. The van der Waals surface area contributed by atoms with Crippen LogP contribution in [0.4, 0.5) is 0 Å². The van der Waals surface area contributed by atoms with E-state index >= 15 is 0 Å². The first-order valence-electron chi connectivity index (χ1n) is 5.22. The van der Waals surface area contributed by atoms with E-state index in [9.17, 15) is 4.79 Å². The first-order valence-corrected chi connectivity index (χ1v) is 5.22. The molecule has 5 nitrogen and oxygen atoms in total. The fourth-order valence-corrected chi connectivity index (χ4v) is 1.27. The molecule has 18 heavy (non-hydrogen) atoms. The summed E-state index contributed by atoms with van der Waals surface area (Å²) in [6.07, 6.45) is 2.83. The highest BCUT2D eigenvalue weighted by Crippen LogP contribution is 2.12. The highest BCUT2D eigenvalue weighted by atomic mass is 16.7. The van der Waals surface area contributed by atoms with Crippen LogP contribution in [0.1, 0.15) is 16.1 Å². The number of ether oxygens (including phenoxy) is 1. The summed E-state index contributed by atoms with van der Waals surface area (Å²) < 4.78 is 9.98. The topological polar surface area (TPSA) is 61.0 Å². The van der Waals surface area contributed by atoms with Crippen LogP contribution in [-0.4, -0.2) is 19.3 Å². The molecule has 0 bridgehead atoms. The summed E-state index contributed by atoms with van der Waals surface area (Å²) >= 11 is 0. The van der Waals surface area contributed by atoms with Crippen molar-refractivity contribution in [2.24, 2.45) is 5.16 Å². The van der Waals surface area contributed by atoms with E-state index in [-0.39, 0.29) is 0 Å². The van der Waals surface area contributed by atoms with E-state index in [2.05, 4.69) is 5.16 Å². The molecule has 0 N–H and O–H groups in total. The molecule has 1 heterocycles. The molecule has 0 spiro atoms. The van der Waals surface area contributed by atoms with Crippen LogP contribution in [0, 0.1) is 0 Å². The summed E-state index contributed by atoms with van der Waals surface area (Å²) in [7, 11) is 1.56. The lowest BCUT2D eigenvalue weighted by molar-refractivity contribution is 0.0519. The fourth-order valence-electron chi connectivity index (χ4n) is 1.27. The summed E-state index contributed by atoms with van der Waals surface area (Å²) in [5.74, 6) is 0.642. The van der Waals surface area contributed by atoms with Crippen LogP contribution in [0.3, 0.4) is 0 Å². The summed E-state index contributed by atoms with van der Waals surface area (Å²) in [6.45, 7) is 0. The molecule has 0 fully saturated rings. The van der Waals surface area contributed by atoms with Gasteiger partial charge in [-0.3, -0.25) is 0 Å². The summed E-state index contributed by atoms with van der Waals surface area (Å²) in [5, 5.41) is 3.53. The van der Waals surface area contributed by atoms with Crippen molar-refractivity contribution in [2.45, 2.75) is 0 Å². The monoisotopic (exact) mass is 245 g/mol. The molecule has 0 aliphatic heterocycles. The van der Waals surface area contributed by atoms with Gasteiger partial charge in [0.15, 0.2) is 0 Å². The molecule has 0 saturated carbocycles. The number of oxime groups is 1. The Balaban J connectivity index is 1.95. The van der Waals surface area contributed by atoms with Gasteiger partial charge in [0.2, 0.25) is 0 Å². The number of carbonyl (C=O) groups is 1. The van der Waals surface area contributed by atoms with E-state index in [1.165, 1.54) is 12.5 Å². The van der Waals surface area contributed by atoms with E-state index in [4.69, 9.17) is 14.0 Å². The molecule has 2 rings (SSSR count). The molecular weight excluding hydrogens is 234 g/mol. The molecule has 2 aromatic rings. The van der Waals surface area contributed by atoms with E-state index in [1.54, 1.807) is 43.5 Å². The van der Waals surface area contributed by atoms with Crippen molar-refractivity contribution >= 4 is 12.2 Å². The van der Waals surface area contributed by atoms with Crippen molar-refractivity contribution in [2.75, 3.05) is 7.11 Å². The van der Waals surface area contributed by atoms with Crippen LogP contribution in [0.5, 0.6) is 5.75 Å². The number of carbonyl (C=O) groups excluding carboxylic acids is 1. The third kappa shape index (κ3) is 2.98. The van der Waals surface area contributed by atoms with Gasteiger partial charge in [-0.05, 0) is 36.4 Å². The molecule has 1 aromatic carbocycles. The van der Waals surface area contributed by atoms with Crippen LogP contribution in [0.2, 0.25) is 0 Å². The average molecular weight is 245 g/mol. The number of methoxy groups -OCH3 is 1. The normalized spacial score (nSPS) is 10.5. The Labute approximate surface area is 104 Å². The van der Waals surface area contributed by atoms with Gasteiger partial charge < -0.3 is 14.0 Å². The van der Waals surface area contributed by atoms with Gasteiger partial charge in [0, 0.05) is 0 Å². The zero-order chi connectivity index (χ0) is 12.8. The van der Waals surface area contributed by atoms with Gasteiger partial charge in [0.25, 0.3) is 0 Å². The number of benzene rings is 1. The Morgan fingerprint density at radius 1 is 1.28 bits per heavy atom. The molecule has 92 valence electrons. The number of rotatable bonds is 4. The second kappa shape index (κ2) is 5.67. The van der Waals surface area contributed by atoms with Crippen molar-refractivity contribution in [3.63, 3.8) is 0 Å². The second-order valence-electron chi connectivity index (χ2n) is 3.36. The standard InChI is InChI=1S/C13H11NO4/c1-16-11-6-4-10(5-7-11)13(15)18-14-9-12-3-2-8-17-12/h2-9H,1H3. The van der Waals surface area contributed by atoms with Crippen molar-refractivity contribution in [1.82, 2.24) is 0 Å². The number of hydrogen-bond acceptors (Lipinski definition) is 5. The van der Waals surface area contributed by atoms with E-state index < -0.39 is 5.97 Å². The number of furan rings is 1. The van der Waals surface area contributed by atoms with Gasteiger partial charge in [-0.25, -0.2) is 4.79 Å². The summed E-state index contributed by atoms with van der Waals surface area (Å²) in [5.41, 5.74) is 0.396. The predicted octanol–water partition coefficient (Wildman–Crippen LogP) is 2.48. The lowest BCUT2D eigenvalue weighted by Gasteiger charge is -2.00. The predicted molar refractivity (Wildman–Crippen MR) is 64.7 cm³/mol.